The number of sulfonamides is 1. The molecule has 2 heterocycles. The number of carbonyl (C=O) groups is 2. The molecule has 2 aromatic carbocycles. The van der Waals surface area contributed by atoms with Crippen LogP contribution in [0.2, 0.25) is 0 Å². The van der Waals surface area contributed by atoms with Crippen LogP contribution in [0.1, 0.15) is 26.2 Å². The highest BCUT2D eigenvalue weighted by molar-refractivity contribution is 7.89. The van der Waals surface area contributed by atoms with Gasteiger partial charge in [0.25, 0.3) is 0 Å². The van der Waals surface area contributed by atoms with Crippen molar-refractivity contribution < 1.29 is 22.7 Å². The Balaban J connectivity index is 1.52. The van der Waals surface area contributed by atoms with Crippen molar-refractivity contribution >= 4 is 45.3 Å². The highest BCUT2D eigenvalue weighted by Gasteiger charge is 2.45. The summed E-state index contributed by atoms with van der Waals surface area (Å²) in [4.78, 5) is 27.2. The Kier molecular flexibility index (Phi) is 6.78. The van der Waals surface area contributed by atoms with Crippen molar-refractivity contribution in [3.8, 4) is 0 Å². The van der Waals surface area contributed by atoms with Crippen LogP contribution < -0.4 is 0 Å². The van der Waals surface area contributed by atoms with E-state index < -0.39 is 16.1 Å². The summed E-state index contributed by atoms with van der Waals surface area (Å²) >= 11 is 4.50. The molecule has 0 radical (unpaired) electrons. The average molecular weight is 477 g/mol. The number of piperidine rings is 1. The van der Waals surface area contributed by atoms with Crippen LogP contribution in [0.5, 0.6) is 0 Å². The third-order valence-corrected chi connectivity index (χ3v) is 8.52. The highest BCUT2D eigenvalue weighted by atomic mass is 32.2. The molecule has 2 aliphatic rings. The SMILES string of the molecule is CCOC(=O)C1CCN(C(=O)[C@@H]2C[C@H](S)CN2S(=O)(=O)c2ccc3ccccc3c2)CC1. The third-order valence-electron chi connectivity index (χ3n) is 6.27. The van der Waals surface area contributed by atoms with E-state index in [1.54, 1.807) is 30.0 Å². The maximum absolute atomic E-state index is 13.5. The number of amides is 1. The Morgan fingerprint density at radius 2 is 1.78 bits per heavy atom. The molecule has 2 fully saturated rings. The van der Waals surface area contributed by atoms with Gasteiger partial charge >= 0.3 is 5.97 Å². The molecule has 0 unspecified atom stereocenters. The van der Waals surface area contributed by atoms with Gasteiger partial charge in [-0.15, -0.1) is 0 Å². The van der Waals surface area contributed by atoms with Crippen molar-refractivity contribution in [3.63, 3.8) is 0 Å². The third kappa shape index (κ3) is 4.51. The van der Waals surface area contributed by atoms with E-state index in [0.717, 1.165) is 10.8 Å². The minimum absolute atomic E-state index is 0.178. The maximum Gasteiger partial charge on any atom is 0.309 e. The summed E-state index contributed by atoms with van der Waals surface area (Å²) in [5.74, 6) is -0.651. The van der Waals surface area contributed by atoms with Gasteiger partial charge in [0.2, 0.25) is 15.9 Å². The van der Waals surface area contributed by atoms with E-state index in [-0.39, 0.29) is 34.5 Å². The molecule has 0 bridgehead atoms. The quantitative estimate of drug-likeness (QED) is 0.530. The van der Waals surface area contributed by atoms with Gasteiger partial charge in [-0.1, -0.05) is 30.3 Å². The van der Waals surface area contributed by atoms with E-state index in [9.17, 15) is 18.0 Å². The highest BCUT2D eigenvalue weighted by Crippen LogP contribution is 2.32. The predicted octanol–water partition coefficient (Wildman–Crippen LogP) is 2.70. The van der Waals surface area contributed by atoms with Crippen molar-refractivity contribution in [3.05, 3.63) is 42.5 Å². The summed E-state index contributed by atoms with van der Waals surface area (Å²) in [6.45, 7) is 3.13. The summed E-state index contributed by atoms with van der Waals surface area (Å²) in [7, 11) is -3.86. The van der Waals surface area contributed by atoms with Crippen LogP contribution >= 0.6 is 12.6 Å². The van der Waals surface area contributed by atoms with E-state index in [0.29, 0.717) is 39.0 Å². The lowest BCUT2D eigenvalue weighted by atomic mass is 9.96. The van der Waals surface area contributed by atoms with E-state index in [1.807, 2.05) is 24.3 Å². The van der Waals surface area contributed by atoms with Crippen LogP contribution in [0.25, 0.3) is 10.8 Å². The minimum Gasteiger partial charge on any atom is -0.466 e. The molecule has 9 heteroatoms. The number of esters is 1. The molecule has 1 amide bonds. The number of fused-ring (bicyclic) bond motifs is 1. The molecule has 172 valence electrons. The molecule has 4 rings (SSSR count). The zero-order valence-corrected chi connectivity index (χ0v) is 19.7. The molecule has 2 atom stereocenters. The van der Waals surface area contributed by atoms with Gasteiger partial charge in [0.05, 0.1) is 17.4 Å². The monoisotopic (exact) mass is 476 g/mol. The summed E-state index contributed by atoms with van der Waals surface area (Å²) in [6.07, 6.45) is 1.42. The minimum atomic E-state index is -3.86. The van der Waals surface area contributed by atoms with Gasteiger partial charge in [0.1, 0.15) is 6.04 Å². The van der Waals surface area contributed by atoms with Crippen LogP contribution in [0, 0.1) is 5.92 Å². The standard InChI is InChI=1S/C23H28N2O5S2/c1-2-30-23(27)17-9-11-24(12-10-17)22(26)21-14-19(31)15-25(21)32(28,29)20-8-7-16-5-3-4-6-18(16)13-20/h3-8,13,17,19,21,31H,2,9-12,14-15H2,1H3/t19-,21-/m0/s1. The fourth-order valence-corrected chi connectivity index (χ4v) is 6.70. The van der Waals surface area contributed by atoms with Gasteiger partial charge in [-0.2, -0.15) is 16.9 Å². The van der Waals surface area contributed by atoms with Gasteiger partial charge in [0, 0.05) is 24.9 Å². The Morgan fingerprint density at radius 1 is 1.09 bits per heavy atom. The number of nitrogens with zero attached hydrogens (tertiary/aromatic N) is 2. The molecule has 0 N–H and O–H groups in total. The predicted molar refractivity (Wildman–Crippen MR) is 125 cm³/mol. The number of hydrogen-bond donors (Lipinski definition) is 1. The molecule has 0 spiro atoms. The number of rotatable bonds is 5. The molecule has 0 aliphatic carbocycles. The Bertz CT molecular complexity index is 1110. The van der Waals surface area contributed by atoms with Crippen LogP contribution in [-0.4, -0.2) is 67.0 Å². The number of likely N-dealkylation sites (tertiary alicyclic amines) is 1. The first-order valence-corrected chi connectivity index (χ1v) is 12.9. The number of thiol groups is 1. The van der Waals surface area contributed by atoms with E-state index in [1.165, 1.54) is 4.31 Å². The lowest BCUT2D eigenvalue weighted by Crippen LogP contribution is -2.50. The molecule has 2 aromatic rings. The van der Waals surface area contributed by atoms with Gasteiger partial charge in [-0.3, -0.25) is 9.59 Å². The molecule has 2 aliphatic heterocycles. The van der Waals surface area contributed by atoms with Crippen LogP contribution in [0.3, 0.4) is 0 Å². The number of ether oxygens (including phenoxy) is 1. The van der Waals surface area contributed by atoms with Crippen molar-refractivity contribution in [2.24, 2.45) is 5.92 Å². The lowest BCUT2D eigenvalue weighted by Gasteiger charge is -2.34. The fraction of sp³-hybridized carbons (Fsp3) is 0.478. The van der Waals surface area contributed by atoms with Crippen LogP contribution in [0.15, 0.2) is 47.4 Å². The molecule has 2 saturated heterocycles. The van der Waals surface area contributed by atoms with Crippen molar-refractivity contribution in [2.45, 2.75) is 42.4 Å². The Labute approximate surface area is 194 Å². The normalized spacial score (nSPS) is 22.9. The van der Waals surface area contributed by atoms with E-state index in [2.05, 4.69) is 12.6 Å². The summed E-state index contributed by atoms with van der Waals surface area (Å²) in [5, 5.41) is 1.58. The molecular weight excluding hydrogens is 448 g/mol. The zero-order chi connectivity index (χ0) is 22.9. The van der Waals surface area contributed by atoms with Crippen molar-refractivity contribution in [1.29, 1.82) is 0 Å². The molecule has 0 saturated carbocycles. The van der Waals surface area contributed by atoms with Crippen molar-refractivity contribution in [2.75, 3.05) is 26.2 Å². The molecular formula is C23H28N2O5S2. The second kappa shape index (κ2) is 9.41. The first-order chi connectivity index (χ1) is 15.3. The van der Waals surface area contributed by atoms with Gasteiger partial charge in [0.15, 0.2) is 0 Å². The molecule has 7 nitrogen and oxygen atoms in total. The Morgan fingerprint density at radius 3 is 2.47 bits per heavy atom. The smallest absolute Gasteiger partial charge is 0.309 e. The molecule has 32 heavy (non-hydrogen) atoms. The second-order valence-corrected chi connectivity index (χ2v) is 11.0. The van der Waals surface area contributed by atoms with Crippen molar-refractivity contribution in [1.82, 2.24) is 9.21 Å². The van der Waals surface area contributed by atoms with E-state index >= 15 is 0 Å². The summed E-state index contributed by atoms with van der Waals surface area (Å²) in [6, 6.07) is 11.8. The topological polar surface area (TPSA) is 84.0 Å². The zero-order valence-electron chi connectivity index (χ0n) is 18.0. The Hall–Kier alpha value is -2.10. The maximum atomic E-state index is 13.5. The number of carbonyl (C=O) groups excluding carboxylic acids is 2. The first kappa shape index (κ1) is 23.1. The first-order valence-electron chi connectivity index (χ1n) is 11.0. The lowest BCUT2D eigenvalue weighted by molar-refractivity contribution is -0.151. The number of benzene rings is 2. The van der Waals surface area contributed by atoms with Crippen LogP contribution in [-0.2, 0) is 24.3 Å². The molecule has 0 aromatic heterocycles. The second-order valence-electron chi connectivity index (χ2n) is 8.34. The van der Waals surface area contributed by atoms with Gasteiger partial charge in [-0.05, 0) is 49.1 Å². The largest absolute Gasteiger partial charge is 0.466 e. The van der Waals surface area contributed by atoms with Gasteiger partial charge in [-0.25, -0.2) is 8.42 Å². The summed E-state index contributed by atoms with van der Waals surface area (Å²) < 4.78 is 33.4. The van der Waals surface area contributed by atoms with E-state index in [4.69, 9.17) is 4.74 Å². The fourth-order valence-electron chi connectivity index (χ4n) is 4.54. The van der Waals surface area contributed by atoms with Gasteiger partial charge < -0.3 is 9.64 Å². The summed E-state index contributed by atoms with van der Waals surface area (Å²) in [5.41, 5.74) is 0. The number of hydrogen-bond acceptors (Lipinski definition) is 6. The average Bonchev–Trinajstić information content (AvgIpc) is 3.21. The van der Waals surface area contributed by atoms with Crippen LogP contribution in [0.4, 0.5) is 0 Å².